The molecule has 0 aliphatic rings. The van der Waals surface area contributed by atoms with Crippen LogP contribution in [0.15, 0.2) is 18.9 Å². The smallest absolute Gasteiger partial charge is 0.101 e. The highest BCUT2D eigenvalue weighted by atomic mass is 16.3. The third-order valence-electron chi connectivity index (χ3n) is 1.48. The third-order valence-corrected chi connectivity index (χ3v) is 1.48. The van der Waals surface area contributed by atoms with Gasteiger partial charge in [-0.15, -0.1) is 11.7 Å². The third kappa shape index (κ3) is 1.65. The van der Waals surface area contributed by atoms with Gasteiger partial charge in [-0.3, -0.25) is 0 Å². The van der Waals surface area contributed by atoms with Gasteiger partial charge in [0.1, 0.15) is 6.10 Å². The van der Waals surface area contributed by atoms with Gasteiger partial charge in [0.2, 0.25) is 0 Å². The average molecular weight is 153 g/mol. The Balaban J connectivity index is 2.74. The molecule has 0 bridgehead atoms. The lowest BCUT2D eigenvalue weighted by molar-refractivity contribution is 0.171. The minimum atomic E-state index is -0.535. The number of aliphatic hydroxyl groups is 1. The minimum Gasteiger partial charge on any atom is -0.386 e. The first-order valence-electron chi connectivity index (χ1n) is 3.39. The number of nitrogens with zero attached hydrogens (tertiary/aromatic N) is 3. The first-order chi connectivity index (χ1) is 5.25. The van der Waals surface area contributed by atoms with Gasteiger partial charge in [-0.25, -0.2) is 4.68 Å². The molecule has 1 atom stereocenters. The zero-order valence-electron chi connectivity index (χ0n) is 6.44. The highest BCUT2D eigenvalue weighted by Gasteiger charge is 2.09. The van der Waals surface area contributed by atoms with Gasteiger partial charge in [0, 0.05) is 7.05 Å². The van der Waals surface area contributed by atoms with Crippen LogP contribution in [0.3, 0.4) is 0 Å². The van der Waals surface area contributed by atoms with E-state index in [0.29, 0.717) is 12.1 Å². The predicted octanol–water partition coefficient (Wildman–Crippen LogP) is 0.425. The molecule has 0 spiro atoms. The Morgan fingerprint density at radius 2 is 2.64 bits per heavy atom. The van der Waals surface area contributed by atoms with Crippen LogP contribution in [0.5, 0.6) is 0 Å². The van der Waals surface area contributed by atoms with Crippen LogP contribution in [0.2, 0.25) is 0 Å². The summed E-state index contributed by atoms with van der Waals surface area (Å²) in [6.07, 6.45) is 3.21. The molecule has 4 heteroatoms. The summed E-state index contributed by atoms with van der Waals surface area (Å²) in [5.41, 5.74) is 0.713. The molecular formula is C7H11N3O. The maximum Gasteiger partial charge on any atom is 0.101 e. The Kier molecular flexibility index (Phi) is 2.38. The number of hydrogen-bond acceptors (Lipinski definition) is 3. The number of aromatic nitrogens is 3. The molecule has 0 radical (unpaired) electrons. The monoisotopic (exact) mass is 153 g/mol. The maximum absolute atomic E-state index is 9.42. The van der Waals surface area contributed by atoms with Crippen molar-refractivity contribution in [2.24, 2.45) is 7.05 Å². The zero-order chi connectivity index (χ0) is 8.27. The molecule has 0 fully saturated rings. The standard InChI is InChI=1S/C7H11N3O/c1-3-4-7(11)6-5-8-9-10(6)2/h3,5,7,11H,1,4H2,2H3. The van der Waals surface area contributed by atoms with E-state index in [4.69, 9.17) is 0 Å². The van der Waals surface area contributed by atoms with Gasteiger partial charge in [-0.2, -0.15) is 0 Å². The fourth-order valence-electron chi connectivity index (χ4n) is 0.878. The van der Waals surface area contributed by atoms with Crippen molar-refractivity contribution in [3.8, 4) is 0 Å². The van der Waals surface area contributed by atoms with Crippen molar-refractivity contribution in [3.05, 3.63) is 24.5 Å². The van der Waals surface area contributed by atoms with E-state index in [-0.39, 0.29) is 0 Å². The van der Waals surface area contributed by atoms with Gasteiger partial charge >= 0.3 is 0 Å². The molecule has 1 aromatic heterocycles. The van der Waals surface area contributed by atoms with Crippen molar-refractivity contribution in [1.29, 1.82) is 0 Å². The first-order valence-corrected chi connectivity index (χ1v) is 3.39. The predicted molar refractivity (Wildman–Crippen MR) is 40.8 cm³/mol. The van der Waals surface area contributed by atoms with Crippen LogP contribution in [0.4, 0.5) is 0 Å². The summed E-state index contributed by atoms with van der Waals surface area (Å²) in [5, 5.41) is 16.8. The van der Waals surface area contributed by atoms with Crippen molar-refractivity contribution in [2.45, 2.75) is 12.5 Å². The van der Waals surface area contributed by atoms with Gasteiger partial charge in [0.25, 0.3) is 0 Å². The second-order valence-corrected chi connectivity index (χ2v) is 2.32. The summed E-state index contributed by atoms with van der Waals surface area (Å²) in [5.74, 6) is 0. The fraction of sp³-hybridized carbons (Fsp3) is 0.429. The molecule has 1 aromatic rings. The van der Waals surface area contributed by atoms with Crippen LogP contribution >= 0.6 is 0 Å². The summed E-state index contributed by atoms with van der Waals surface area (Å²) in [7, 11) is 1.74. The lowest BCUT2D eigenvalue weighted by Crippen LogP contribution is -2.03. The molecule has 1 N–H and O–H groups in total. The van der Waals surface area contributed by atoms with Gasteiger partial charge in [0.05, 0.1) is 11.9 Å². The van der Waals surface area contributed by atoms with E-state index in [2.05, 4.69) is 16.9 Å². The second kappa shape index (κ2) is 3.30. The lowest BCUT2D eigenvalue weighted by atomic mass is 10.2. The number of rotatable bonds is 3. The fourth-order valence-corrected chi connectivity index (χ4v) is 0.878. The van der Waals surface area contributed by atoms with Crippen molar-refractivity contribution in [1.82, 2.24) is 15.0 Å². The molecular weight excluding hydrogens is 142 g/mol. The molecule has 0 saturated carbocycles. The van der Waals surface area contributed by atoms with E-state index in [0.717, 1.165) is 0 Å². The summed E-state index contributed by atoms with van der Waals surface area (Å²) >= 11 is 0. The summed E-state index contributed by atoms with van der Waals surface area (Å²) in [6, 6.07) is 0. The molecule has 1 heterocycles. The summed E-state index contributed by atoms with van der Waals surface area (Å²) in [6.45, 7) is 3.53. The lowest BCUT2D eigenvalue weighted by Gasteiger charge is -2.05. The Labute approximate surface area is 65.2 Å². The van der Waals surface area contributed by atoms with Crippen LogP contribution in [0.25, 0.3) is 0 Å². The molecule has 0 amide bonds. The molecule has 1 unspecified atom stereocenters. The normalized spacial score (nSPS) is 12.9. The Hall–Kier alpha value is -1.16. The number of hydrogen-bond donors (Lipinski definition) is 1. The Morgan fingerprint density at radius 1 is 1.91 bits per heavy atom. The second-order valence-electron chi connectivity index (χ2n) is 2.32. The quantitative estimate of drug-likeness (QED) is 0.640. The van der Waals surface area contributed by atoms with Crippen LogP contribution in [-0.2, 0) is 7.05 Å². The SMILES string of the molecule is C=CCC(O)c1cnnn1C. The molecule has 4 nitrogen and oxygen atoms in total. The molecule has 0 saturated heterocycles. The van der Waals surface area contributed by atoms with E-state index in [1.165, 1.54) is 0 Å². The Morgan fingerprint density at radius 3 is 3.09 bits per heavy atom. The van der Waals surface area contributed by atoms with Crippen LogP contribution in [0, 0.1) is 0 Å². The highest BCUT2D eigenvalue weighted by molar-refractivity contribution is 4.99. The van der Waals surface area contributed by atoms with Crippen molar-refractivity contribution in [2.75, 3.05) is 0 Å². The molecule has 1 rings (SSSR count). The van der Waals surface area contributed by atoms with E-state index in [1.54, 1.807) is 24.0 Å². The summed E-state index contributed by atoms with van der Waals surface area (Å²) in [4.78, 5) is 0. The van der Waals surface area contributed by atoms with E-state index < -0.39 is 6.10 Å². The molecule has 0 aliphatic heterocycles. The van der Waals surface area contributed by atoms with Crippen LogP contribution in [-0.4, -0.2) is 20.1 Å². The zero-order valence-corrected chi connectivity index (χ0v) is 6.44. The van der Waals surface area contributed by atoms with Crippen LogP contribution < -0.4 is 0 Å². The topological polar surface area (TPSA) is 50.9 Å². The van der Waals surface area contributed by atoms with Crippen molar-refractivity contribution >= 4 is 0 Å². The minimum absolute atomic E-state index is 0.529. The molecule has 11 heavy (non-hydrogen) atoms. The van der Waals surface area contributed by atoms with E-state index in [9.17, 15) is 5.11 Å². The Bertz CT molecular complexity index is 244. The molecule has 60 valence electrons. The highest BCUT2D eigenvalue weighted by Crippen LogP contribution is 2.13. The first kappa shape index (κ1) is 7.94. The molecule has 0 aliphatic carbocycles. The van der Waals surface area contributed by atoms with Crippen molar-refractivity contribution < 1.29 is 5.11 Å². The van der Waals surface area contributed by atoms with Gasteiger partial charge in [0.15, 0.2) is 0 Å². The molecule has 0 aromatic carbocycles. The average Bonchev–Trinajstić information content (AvgIpc) is 2.36. The number of aliphatic hydroxyl groups excluding tert-OH is 1. The van der Waals surface area contributed by atoms with E-state index >= 15 is 0 Å². The summed E-state index contributed by atoms with van der Waals surface area (Å²) < 4.78 is 1.55. The largest absolute Gasteiger partial charge is 0.386 e. The van der Waals surface area contributed by atoms with Crippen LogP contribution in [0.1, 0.15) is 18.2 Å². The van der Waals surface area contributed by atoms with E-state index in [1.807, 2.05) is 0 Å². The van der Waals surface area contributed by atoms with Gasteiger partial charge in [-0.1, -0.05) is 11.3 Å². The number of aryl methyl sites for hydroxylation is 1. The van der Waals surface area contributed by atoms with Gasteiger partial charge < -0.3 is 5.11 Å². The maximum atomic E-state index is 9.42. The van der Waals surface area contributed by atoms with Gasteiger partial charge in [-0.05, 0) is 6.42 Å². The van der Waals surface area contributed by atoms with Crippen molar-refractivity contribution in [3.63, 3.8) is 0 Å².